The average Bonchev–Trinajstić information content (AvgIpc) is 3.49. The number of aromatic nitrogens is 3. The molecule has 0 bridgehead atoms. The van der Waals surface area contributed by atoms with Crippen molar-refractivity contribution in [2.75, 3.05) is 23.8 Å². The number of thioether (sulfide) groups is 2. The highest BCUT2D eigenvalue weighted by Gasteiger charge is 2.54. The van der Waals surface area contributed by atoms with Gasteiger partial charge in [-0.15, -0.1) is 33.3 Å². The Kier molecular flexibility index (Phi) is 7.71. The van der Waals surface area contributed by atoms with Crippen molar-refractivity contribution in [1.82, 2.24) is 25.4 Å². The van der Waals surface area contributed by atoms with Crippen LogP contribution in [0, 0.1) is 0 Å². The number of β-lactam (4-membered cyclic amide) rings is 1. The van der Waals surface area contributed by atoms with Gasteiger partial charge in [0.25, 0.3) is 11.8 Å². The van der Waals surface area contributed by atoms with E-state index in [-0.39, 0.29) is 28.0 Å². The number of carbonyl (C=O) groups is 3. The third kappa shape index (κ3) is 5.73. The number of oxime groups is 1. The zero-order chi connectivity index (χ0) is 26.0. The van der Waals surface area contributed by atoms with E-state index in [1.165, 1.54) is 40.2 Å². The smallest absolute Gasteiger partial charge is 0.425 e. The van der Waals surface area contributed by atoms with Crippen molar-refractivity contribution in [3.8, 4) is 0 Å². The number of halogens is 3. The summed E-state index contributed by atoms with van der Waals surface area (Å²) in [5.41, 5.74) is 6.66. The van der Waals surface area contributed by atoms with Gasteiger partial charge in [0, 0.05) is 16.9 Å². The zero-order valence-corrected chi connectivity index (χ0v) is 20.9. The molecular weight excluding hydrogens is 567 g/mol. The Morgan fingerprint density at radius 2 is 2.17 bits per heavy atom. The molecule has 0 radical (unpaired) electrons. The predicted octanol–water partition coefficient (Wildman–Crippen LogP) is 1.39. The molecule has 1 unspecified atom stereocenters. The van der Waals surface area contributed by atoms with Gasteiger partial charge in [-0.25, -0.2) is 9.78 Å². The van der Waals surface area contributed by atoms with E-state index in [0.717, 1.165) is 16.2 Å². The summed E-state index contributed by atoms with van der Waals surface area (Å²) in [4.78, 5) is 46.8. The lowest BCUT2D eigenvalue weighted by Gasteiger charge is -2.49. The predicted molar refractivity (Wildman–Crippen MR) is 125 cm³/mol. The SMILES string of the molecule is Nc1nc(C(=NOCC(F)(F)F)C(=O)NC2C(=O)N3C(C(=O)O)=C(CSc4nncs4)CS[C@H]23)cs1. The summed E-state index contributed by atoms with van der Waals surface area (Å²) in [6, 6.07) is -1.14. The largest absolute Gasteiger partial charge is 0.477 e. The van der Waals surface area contributed by atoms with Gasteiger partial charge in [-0.2, -0.15) is 13.2 Å². The molecule has 2 aliphatic rings. The van der Waals surface area contributed by atoms with Crippen molar-refractivity contribution in [3.05, 3.63) is 27.9 Å². The van der Waals surface area contributed by atoms with Crippen molar-refractivity contribution in [2.45, 2.75) is 21.9 Å². The van der Waals surface area contributed by atoms with E-state index in [0.29, 0.717) is 9.91 Å². The summed E-state index contributed by atoms with van der Waals surface area (Å²) in [7, 11) is 0. The highest BCUT2D eigenvalue weighted by atomic mass is 32.2. The molecule has 19 heteroatoms. The van der Waals surface area contributed by atoms with Crippen molar-refractivity contribution >= 4 is 74.8 Å². The molecule has 2 aromatic heterocycles. The van der Waals surface area contributed by atoms with E-state index in [2.05, 4.69) is 30.5 Å². The third-order valence-electron chi connectivity index (χ3n) is 4.61. The quantitative estimate of drug-likeness (QED) is 0.169. The number of alkyl halides is 3. The fourth-order valence-electron chi connectivity index (χ4n) is 3.15. The lowest BCUT2D eigenvalue weighted by molar-refractivity contribution is -0.174. The number of anilines is 1. The van der Waals surface area contributed by atoms with E-state index in [1.54, 1.807) is 5.51 Å². The molecule has 192 valence electrons. The number of thiazole rings is 1. The van der Waals surface area contributed by atoms with Gasteiger partial charge in [-0.05, 0) is 5.57 Å². The number of carboxylic acid groups (broad SMARTS) is 1. The lowest BCUT2D eigenvalue weighted by atomic mass is 10.0. The minimum atomic E-state index is -4.69. The maximum Gasteiger partial charge on any atom is 0.425 e. The molecule has 0 spiro atoms. The first-order chi connectivity index (χ1) is 17.0. The lowest BCUT2D eigenvalue weighted by Crippen LogP contribution is -2.71. The van der Waals surface area contributed by atoms with Crippen LogP contribution in [-0.4, -0.2) is 84.4 Å². The number of aliphatic carboxylic acids is 1. The number of nitrogen functional groups attached to an aromatic ring is 1. The second kappa shape index (κ2) is 10.6. The number of nitrogens with two attached hydrogens (primary N) is 1. The molecule has 0 saturated carbocycles. The minimum absolute atomic E-state index is 0.0326. The maximum atomic E-state index is 12.9. The number of carbonyl (C=O) groups excluding carboxylic acids is 2. The number of fused-ring (bicyclic) bond motifs is 1. The summed E-state index contributed by atoms with van der Waals surface area (Å²) in [6.45, 7) is -1.75. The van der Waals surface area contributed by atoms with Crippen LogP contribution in [0.2, 0.25) is 0 Å². The van der Waals surface area contributed by atoms with Gasteiger partial charge in [-0.1, -0.05) is 28.3 Å². The molecule has 36 heavy (non-hydrogen) atoms. The van der Waals surface area contributed by atoms with Crippen molar-refractivity contribution in [3.63, 3.8) is 0 Å². The highest BCUT2D eigenvalue weighted by molar-refractivity contribution is 8.01. The van der Waals surface area contributed by atoms with E-state index in [1.807, 2.05) is 0 Å². The Labute approximate surface area is 216 Å². The number of amides is 2. The van der Waals surface area contributed by atoms with Gasteiger partial charge < -0.3 is 21.0 Å². The van der Waals surface area contributed by atoms with Crippen LogP contribution in [0.4, 0.5) is 18.3 Å². The summed E-state index contributed by atoms with van der Waals surface area (Å²) < 4.78 is 38.0. The second-order valence-corrected chi connectivity index (χ2v) is 11.1. The molecule has 2 aliphatic heterocycles. The van der Waals surface area contributed by atoms with Gasteiger partial charge in [0.15, 0.2) is 15.2 Å². The summed E-state index contributed by atoms with van der Waals surface area (Å²) in [6.07, 6.45) is -4.69. The van der Waals surface area contributed by atoms with Crippen LogP contribution in [0.1, 0.15) is 5.69 Å². The molecule has 1 saturated heterocycles. The zero-order valence-electron chi connectivity index (χ0n) is 17.6. The van der Waals surface area contributed by atoms with Crippen LogP contribution in [0.15, 0.2) is 31.7 Å². The van der Waals surface area contributed by atoms with Crippen LogP contribution in [0.5, 0.6) is 0 Å². The molecule has 2 atom stereocenters. The Hall–Kier alpha value is -2.90. The number of nitrogens with one attached hydrogen (secondary N) is 1. The number of carboxylic acids is 1. The monoisotopic (exact) mass is 581 g/mol. The van der Waals surface area contributed by atoms with E-state index in [4.69, 9.17) is 5.73 Å². The molecule has 0 aliphatic carbocycles. The molecule has 12 nitrogen and oxygen atoms in total. The first kappa shape index (κ1) is 26.2. The number of hydrogen-bond donors (Lipinski definition) is 3. The Morgan fingerprint density at radius 3 is 2.78 bits per heavy atom. The van der Waals surface area contributed by atoms with Gasteiger partial charge in [0.2, 0.25) is 6.61 Å². The van der Waals surface area contributed by atoms with Gasteiger partial charge >= 0.3 is 12.1 Å². The Balaban J connectivity index is 1.49. The van der Waals surface area contributed by atoms with Crippen LogP contribution in [-0.2, 0) is 19.2 Å². The molecule has 1 fully saturated rings. The van der Waals surface area contributed by atoms with Gasteiger partial charge in [0.1, 0.15) is 28.3 Å². The number of rotatable bonds is 9. The number of nitrogens with zero attached hydrogens (tertiary/aromatic N) is 5. The summed E-state index contributed by atoms with van der Waals surface area (Å²) in [5.74, 6) is -2.47. The van der Waals surface area contributed by atoms with Crippen LogP contribution < -0.4 is 11.1 Å². The minimum Gasteiger partial charge on any atom is -0.477 e. The van der Waals surface area contributed by atoms with E-state index in [9.17, 15) is 32.7 Å². The molecule has 2 aromatic rings. The van der Waals surface area contributed by atoms with Gasteiger partial charge in [0.05, 0.1) is 0 Å². The summed E-state index contributed by atoms with van der Waals surface area (Å²) >= 11 is 4.74. The van der Waals surface area contributed by atoms with Gasteiger partial charge in [-0.3, -0.25) is 14.5 Å². The Morgan fingerprint density at radius 1 is 1.39 bits per heavy atom. The molecular formula is C17H14F3N7O5S4. The molecule has 4 N–H and O–H groups in total. The van der Waals surface area contributed by atoms with Crippen molar-refractivity contribution in [1.29, 1.82) is 0 Å². The second-order valence-electron chi connectivity index (χ2n) is 7.01. The molecule has 4 rings (SSSR count). The molecule has 4 heterocycles. The fourth-order valence-corrected chi connectivity index (χ4v) is 6.67. The standard InChI is InChI=1S/C17H14F3N7O5S4/c18-17(19,20)4-32-26-8(7-3-34-15(21)23-7)11(28)24-9-12(29)27-10(14(30)31)6(1-33-13(9)27)2-35-16-25-22-5-36-16/h3,5,9,13H,1-2,4H2,(H2,21,23)(H,24,28)(H,30,31)/t9?,13-/m1/s1. The number of hydrogen-bond acceptors (Lipinski definition) is 13. The fraction of sp³-hybridized carbons (Fsp3) is 0.353. The highest BCUT2D eigenvalue weighted by Crippen LogP contribution is 2.41. The molecule has 2 amide bonds. The van der Waals surface area contributed by atoms with E-state index >= 15 is 0 Å². The van der Waals surface area contributed by atoms with Crippen LogP contribution in [0.3, 0.4) is 0 Å². The molecule has 0 aromatic carbocycles. The Bertz CT molecular complexity index is 1230. The van der Waals surface area contributed by atoms with Crippen molar-refractivity contribution in [2.24, 2.45) is 5.16 Å². The topological polar surface area (TPSA) is 173 Å². The normalized spacial score (nSPS) is 20.1. The maximum absolute atomic E-state index is 12.9. The van der Waals surface area contributed by atoms with Crippen LogP contribution >= 0.6 is 46.2 Å². The first-order valence-electron chi connectivity index (χ1n) is 9.63. The van der Waals surface area contributed by atoms with E-state index < -0.39 is 47.7 Å². The third-order valence-corrected chi connectivity index (χ3v) is 8.57. The summed E-state index contributed by atoms with van der Waals surface area (Å²) in [5, 5.41) is 23.6. The average molecular weight is 582 g/mol. The first-order valence-corrected chi connectivity index (χ1v) is 13.4. The van der Waals surface area contributed by atoms with Crippen molar-refractivity contribution < 1.29 is 37.5 Å². The van der Waals surface area contributed by atoms with Crippen LogP contribution in [0.25, 0.3) is 0 Å².